The highest BCUT2D eigenvalue weighted by molar-refractivity contribution is 6.33. The Labute approximate surface area is 115 Å². The van der Waals surface area contributed by atoms with E-state index in [1.807, 2.05) is 24.3 Å². The second-order valence-corrected chi connectivity index (χ2v) is 4.47. The van der Waals surface area contributed by atoms with Gasteiger partial charge in [-0.15, -0.1) is 0 Å². The maximum Gasteiger partial charge on any atom is 0.261 e. The van der Waals surface area contributed by atoms with Crippen LogP contribution in [-0.4, -0.2) is 24.0 Å². The van der Waals surface area contributed by atoms with Gasteiger partial charge in [-0.25, -0.2) is 4.98 Å². The molecule has 0 saturated carbocycles. The summed E-state index contributed by atoms with van der Waals surface area (Å²) in [7, 11) is 0. The predicted octanol–water partition coefficient (Wildman–Crippen LogP) is 2.77. The lowest BCUT2D eigenvalue weighted by molar-refractivity contribution is 0.0976. The van der Waals surface area contributed by atoms with Crippen LogP contribution in [0.2, 0.25) is 5.15 Å². The van der Waals surface area contributed by atoms with Gasteiger partial charge in [0.05, 0.1) is 17.8 Å². The average molecular weight is 275 g/mol. The van der Waals surface area contributed by atoms with Crippen molar-refractivity contribution in [2.45, 2.75) is 0 Å². The molecule has 0 saturated heterocycles. The third-order valence-electron chi connectivity index (χ3n) is 2.96. The number of anilines is 1. The molecule has 1 aliphatic heterocycles. The van der Waals surface area contributed by atoms with Crippen molar-refractivity contribution in [1.82, 2.24) is 4.98 Å². The number of halogens is 1. The fourth-order valence-corrected chi connectivity index (χ4v) is 2.27. The minimum absolute atomic E-state index is 0.158. The Morgan fingerprint density at radius 1 is 1.26 bits per heavy atom. The molecule has 2 heterocycles. The first-order valence-electron chi connectivity index (χ1n) is 5.91. The summed E-state index contributed by atoms with van der Waals surface area (Å²) < 4.78 is 5.53. The number of carbonyl (C=O) groups excluding carboxylic acids is 1. The molecular formula is C14H11ClN2O2. The number of hydrogen-bond donors (Lipinski definition) is 0. The number of rotatable bonds is 1. The van der Waals surface area contributed by atoms with Gasteiger partial charge in [-0.3, -0.25) is 4.79 Å². The van der Waals surface area contributed by atoms with E-state index in [0.29, 0.717) is 24.5 Å². The second-order valence-electron chi connectivity index (χ2n) is 4.11. The minimum atomic E-state index is -0.158. The summed E-state index contributed by atoms with van der Waals surface area (Å²) in [6.07, 6.45) is 1.56. The molecule has 0 atom stereocenters. The van der Waals surface area contributed by atoms with Gasteiger partial charge in [-0.05, 0) is 24.3 Å². The molecule has 19 heavy (non-hydrogen) atoms. The van der Waals surface area contributed by atoms with E-state index in [2.05, 4.69) is 4.98 Å². The standard InChI is InChI=1S/C14H11ClN2O2/c15-13-10(4-3-7-16-13)14(18)17-8-9-19-12-6-2-1-5-11(12)17/h1-7H,8-9H2. The lowest BCUT2D eigenvalue weighted by Crippen LogP contribution is -2.38. The van der Waals surface area contributed by atoms with Gasteiger partial charge in [0.1, 0.15) is 17.5 Å². The highest BCUT2D eigenvalue weighted by Gasteiger charge is 2.25. The van der Waals surface area contributed by atoms with Crippen molar-refractivity contribution in [1.29, 1.82) is 0 Å². The fraction of sp³-hybridized carbons (Fsp3) is 0.143. The van der Waals surface area contributed by atoms with Crippen molar-refractivity contribution < 1.29 is 9.53 Å². The number of nitrogens with zero attached hydrogens (tertiary/aromatic N) is 2. The maximum atomic E-state index is 12.5. The Hall–Kier alpha value is -2.07. The van der Waals surface area contributed by atoms with Crippen LogP contribution in [0.25, 0.3) is 0 Å². The van der Waals surface area contributed by atoms with Gasteiger partial charge in [-0.2, -0.15) is 0 Å². The highest BCUT2D eigenvalue weighted by Crippen LogP contribution is 2.32. The molecular weight excluding hydrogens is 264 g/mol. The summed E-state index contributed by atoms with van der Waals surface area (Å²) in [5.41, 5.74) is 1.17. The van der Waals surface area contributed by atoms with E-state index in [9.17, 15) is 4.79 Å². The first kappa shape index (κ1) is 12.0. The predicted molar refractivity (Wildman–Crippen MR) is 72.9 cm³/mol. The zero-order valence-electron chi connectivity index (χ0n) is 10.0. The number of ether oxygens (including phenoxy) is 1. The Morgan fingerprint density at radius 3 is 2.95 bits per heavy atom. The van der Waals surface area contributed by atoms with Gasteiger partial charge >= 0.3 is 0 Å². The van der Waals surface area contributed by atoms with Gasteiger partial charge < -0.3 is 9.64 Å². The molecule has 2 aromatic rings. The molecule has 0 N–H and O–H groups in total. The van der Waals surface area contributed by atoms with Gasteiger partial charge in [0.15, 0.2) is 0 Å². The summed E-state index contributed by atoms with van der Waals surface area (Å²) in [4.78, 5) is 18.1. The van der Waals surface area contributed by atoms with Gasteiger partial charge in [0.2, 0.25) is 0 Å². The first-order chi connectivity index (χ1) is 9.27. The molecule has 0 fully saturated rings. The monoisotopic (exact) mass is 274 g/mol. The molecule has 0 bridgehead atoms. The summed E-state index contributed by atoms with van der Waals surface area (Å²) in [5, 5.41) is 0.219. The molecule has 1 amide bonds. The zero-order valence-corrected chi connectivity index (χ0v) is 10.8. The Balaban J connectivity index is 2.00. The Bertz CT molecular complexity index is 630. The van der Waals surface area contributed by atoms with E-state index in [1.165, 1.54) is 0 Å². The molecule has 96 valence electrons. The molecule has 3 rings (SSSR count). The molecule has 4 nitrogen and oxygen atoms in total. The number of benzene rings is 1. The third-order valence-corrected chi connectivity index (χ3v) is 3.26. The van der Waals surface area contributed by atoms with Crippen LogP contribution in [0.15, 0.2) is 42.6 Å². The van der Waals surface area contributed by atoms with Crippen LogP contribution in [0.1, 0.15) is 10.4 Å². The second kappa shape index (κ2) is 4.90. The average Bonchev–Trinajstić information content (AvgIpc) is 2.46. The van der Waals surface area contributed by atoms with Crippen LogP contribution >= 0.6 is 11.6 Å². The summed E-state index contributed by atoms with van der Waals surface area (Å²) in [6.45, 7) is 0.974. The van der Waals surface area contributed by atoms with E-state index < -0.39 is 0 Å². The molecule has 1 aromatic carbocycles. The molecule has 5 heteroatoms. The SMILES string of the molecule is O=C(c1cccnc1Cl)N1CCOc2ccccc21. The lowest BCUT2D eigenvalue weighted by Gasteiger charge is -2.29. The van der Waals surface area contributed by atoms with Crippen molar-refractivity contribution in [3.8, 4) is 5.75 Å². The van der Waals surface area contributed by atoms with Crippen LogP contribution in [0, 0.1) is 0 Å². The van der Waals surface area contributed by atoms with Crippen LogP contribution in [0.4, 0.5) is 5.69 Å². The van der Waals surface area contributed by atoms with E-state index in [4.69, 9.17) is 16.3 Å². The smallest absolute Gasteiger partial charge is 0.261 e. The van der Waals surface area contributed by atoms with Crippen LogP contribution in [-0.2, 0) is 0 Å². The number of amides is 1. The summed E-state index contributed by atoms with van der Waals surface area (Å²) in [6, 6.07) is 10.8. The van der Waals surface area contributed by atoms with E-state index in [0.717, 1.165) is 5.69 Å². The number of para-hydroxylation sites is 2. The lowest BCUT2D eigenvalue weighted by atomic mass is 10.2. The Morgan fingerprint density at radius 2 is 2.11 bits per heavy atom. The molecule has 0 aliphatic carbocycles. The normalized spacial score (nSPS) is 13.6. The molecule has 0 radical (unpaired) electrons. The van der Waals surface area contributed by atoms with Gasteiger partial charge in [0, 0.05) is 6.20 Å². The maximum absolute atomic E-state index is 12.5. The topological polar surface area (TPSA) is 42.4 Å². The van der Waals surface area contributed by atoms with Crippen LogP contribution < -0.4 is 9.64 Å². The number of carbonyl (C=O) groups is 1. The first-order valence-corrected chi connectivity index (χ1v) is 6.29. The third kappa shape index (κ3) is 2.15. The van der Waals surface area contributed by atoms with Crippen molar-refractivity contribution in [2.75, 3.05) is 18.1 Å². The molecule has 0 spiro atoms. The molecule has 0 unspecified atom stereocenters. The van der Waals surface area contributed by atoms with Crippen molar-refractivity contribution in [3.63, 3.8) is 0 Å². The fourth-order valence-electron chi connectivity index (χ4n) is 2.07. The summed E-state index contributed by atoms with van der Waals surface area (Å²) >= 11 is 5.98. The van der Waals surface area contributed by atoms with Crippen molar-refractivity contribution in [3.05, 3.63) is 53.3 Å². The van der Waals surface area contributed by atoms with Crippen molar-refractivity contribution >= 4 is 23.2 Å². The molecule has 1 aromatic heterocycles. The van der Waals surface area contributed by atoms with Crippen LogP contribution in [0.3, 0.4) is 0 Å². The van der Waals surface area contributed by atoms with Gasteiger partial charge in [0.25, 0.3) is 5.91 Å². The van der Waals surface area contributed by atoms with Crippen LogP contribution in [0.5, 0.6) is 5.75 Å². The number of hydrogen-bond acceptors (Lipinski definition) is 3. The zero-order chi connectivity index (χ0) is 13.2. The highest BCUT2D eigenvalue weighted by atomic mass is 35.5. The Kier molecular flexibility index (Phi) is 3.09. The minimum Gasteiger partial charge on any atom is -0.490 e. The quantitative estimate of drug-likeness (QED) is 0.751. The van der Waals surface area contributed by atoms with E-state index >= 15 is 0 Å². The largest absolute Gasteiger partial charge is 0.490 e. The van der Waals surface area contributed by atoms with Crippen molar-refractivity contribution in [2.24, 2.45) is 0 Å². The summed E-state index contributed by atoms with van der Waals surface area (Å²) in [5.74, 6) is 0.552. The van der Waals surface area contributed by atoms with E-state index in [1.54, 1.807) is 23.2 Å². The number of aromatic nitrogens is 1. The van der Waals surface area contributed by atoms with Gasteiger partial charge in [-0.1, -0.05) is 23.7 Å². The number of fused-ring (bicyclic) bond motifs is 1. The molecule has 1 aliphatic rings. The van der Waals surface area contributed by atoms with E-state index in [-0.39, 0.29) is 11.1 Å². The number of pyridine rings is 1.